The van der Waals surface area contributed by atoms with Crippen molar-refractivity contribution < 1.29 is 9.53 Å². The topological polar surface area (TPSA) is 41.6 Å². The lowest BCUT2D eigenvalue weighted by Crippen LogP contribution is -2.40. The van der Waals surface area contributed by atoms with Gasteiger partial charge in [0.05, 0.1) is 0 Å². The van der Waals surface area contributed by atoms with Gasteiger partial charge in [-0.15, -0.1) is 0 Å². The first-order valence-corrected chi connectivity index (χ1v) is 5.92. The highest BCUT2D eigenvalue weighted by atomic mass is 16.6. The van der Waals surface area contributed by atoms with Crippen LogP contribution in [0.4, 0.5) is 4.79 Å². The molecule has 1 amide bonds. The van der Waals surface area contributed by atoms with E-state index >= 15 is 0 Å². The van der Waals surface area contributed by atoms with Crippen LogP contribution in [0.3, 0.4) is 0 Å². The summed E-state index contributed by atoms with van der Waals surface area (Å²) < 4.78 is 5.41. The number of carbonyl (C=O) groups is 1. The second-order valence-electron chi connectivity index (χ2n) is 4.67. The molecule has 1 atom stereocenters. The van der Waals surface area contributed by atoms with Gasteiger partial charge in [0.25, 0.3) is 0 Å². The van der Waals surface area contributed by atoms with Crippen molar-refractivity contribution in [1.29, 1.82) is 0 Å². The predicted octanol–water partition coefficient (Wildman–Crippen LogP) is 1.22. The van der Waals surface area contributed by atoms with Gasteiger partial charge in [-0.2, -0.15) is 0 Å². The molecule has 0 aromatic heterocycles. The van der Waals surface area contributed by atoms with E-state index in [1.54, 1.807) is 0 Å². The van der Waals surface area contributed by atoms with Gasteiger partial charge in [-0.1, -0.05) is 6.92 Å². The predicted molar refractivity (Wildman–Crippen MR) is 57.7 cm³/mol. The van der Waals surface area contributed by atoms with Gasteiger partial charge in [-0.3, -0.25) is 0 Å². The van der Waals surface area contributed by atoms with Crippen LogP contribution in [0.15, 0.2) is 0 Å². The summed E-state index contributed by atoms with van der Waals surface area (Å²) >= 11 is 0. The zero-order valence-corrected chi connectivity index (χ0v) is 9.37. The third-order valence-electron chi connectivity index (χ3n) is 3.32. The summed E-state index contributed by atoms with van der Waals surface area (Å²) in [5, 5.41) is 3.19. The van der Waals surface area contributed by atoms with E-state index < -0.39 is 0 Å². The van der Waals surface area contributed by atoms with E-state index in [0.717, 1.165) is 51.4 Å². The van der Waals surface area contributed by atoms with E-state index in [1.165, 1.54) is 0 Å². The maximum Gasteiger partial charge on any atom is 0.410 e. The first kappa shape index (κ1) is 10.7. The minimum atomic E-state index is -0.115. The lowest BCUT2D eigenvalue weighted by Gasteiger charge is -2.30. The van der Waals surface area contributed by atoms with Crippen LogP contribution < -0.4 is 5.32 Å². The minimum absolute atomic E-state index is 0.0943. The third kappa shape index (κ3) is 2.84. The quantitative estimate of drug-likeness (QED) is 0.710. The Balaban J connectivity index is 1.75. The van der Waals surface area contributed by atoms with E-state index in [0.29, 0.717) is 0 Å². The Hall–Kier alpha value is -0.770. The highest BCUT2D eigenvalue weighted by Gasteiger charge is 2.25. The van der Waals surface area contributed by atoms with Crippen LogP contribution >= 0.6 is 0 Å². The molecule has 2 heterocycles. The van der Waals surface area contributed by atoms with Crippen LogP contribution in [0.2, 0.25) is 0 Å². The summed E-state index contributed by atoms with van der Waals surface area (Å²) in [5.74, 6) is 0.752. The van der Waals surface area contributed by atoms with E-state index in [4.69, 9.17) is 4.74 Å². The summed E-state index contributed by atoms with van der Waals surface area (Å²) in [6.45, 7) is 5.74. The van der Waals surface area contributed by atoms with Crippen molar-refractivity contribution in [2.24, 2.45) is 5.92 Å². The molecular weight excluding hydrogens is 192 g/mol. The van der Waals surface area contributed by atoms with Crippen LogP contribution in [-0.4, -0.2) is 43.3 Å². The van der Waals surface area contributed by atoms with Crippen LogP contribution in [0.25, 0.3) is 0 Å². The number of amides is 1. The molecule has 2 saturated heterocycles. The number of hydrogen-bond acceptors (Lipinski definition) is 3. The van der Waals surface area contributed by atoms with Gasteiger partial charge in [-0.25, -0.2) is 4.79 Å². The number of rotatable bonds is 1. The molecule has 2 rings (SSSR count). The number of piperidine rings is 1. The lowest BCUT2D eigenvalue weighted by molar-refractivity contribution is 0.0607. The average molecular weight is 212 g/mol. The van der Waals surface area contributed by atoms with Crippen molar-refractivity contribution in [3.05, 3.63) is 0 Å². The number of nitrogens with zero attached hydrogens (tertiary/aromatic N) is 1. The van der Waals surface area contributed by atoms with Crippen molar-refractivity contribution in [1.82, 2.24) is 10.2 Å². The van der Waals surface area contributed by atoms with E-state index in [-0.39, 0.29) is 12.2 Å². The molecule has 15 heavy (non-hydrogen) atoms. The molecule has 0 spiro atoms. The highest BCUT2D eigenvalue weighted by Crippen LogP contribution is 2.17. The molecule has 2 fully saturated rings. The molecule has 86 valence electrons. The second kappa shape index (κ2) is 4.84. The van der Waals surface area contributed by atoms with Crippen molar-refractivity contribution in [2.45, 2.75) is 32.3 Å². The summed E-state index contributed by atoms with van der Waals surface area (Å²) in [5.41, 5.74) is 0. The smallest absolute Gasteiger partial charge is 0.410 e. The van der Waals surface area contributed by atoms with Gasteiger partial charge < -0.3 is 15.0 Å². The second-order valence-corrected chi connectivity index (χ2v) is 4.67. The molecule has 0 aromatic carbocycles. The SMILES string of the molecule is CC1CCN(C(=O)OC2CCNC2)CC1. The van der Waals surface area contributed by atoms with Crippen molar-refractivity contribution in [2.75, 3.05) is 26.2 Å². The summed E-state index contributed by atoms with van der Waals surface area (Å²) in [7, 11) is 0. The van der Waals surface area contributed by atoms with Crippen LogP contribution in [-0.2, 0) is 4.74 Å². The molecule has 4 heteroatoms. The van der Waals surface area contributed by atoms with E-state index in [9.17, 15) is 4.79 Å². The van der Waals surface area contributed by atoms with Crippen LogP contribution in [0.1, 0.15) is 26.2 Å². The number of likely N-dealkylation sites (tertiary alicyclic amines) is 1. The fourth-order valence-corrected chi connectivity index (χ4v) is 2.14. The van der Waals surface area contributed by atoms with Gasteiger partial charge in [-0.05, 0) is 31.7 Å². The molecule has 2 aliphatic rings. The Morgan fingerprint density at radius 1 is 1.33 bits per heavy atom. The Morgan fingerprint density at radius 3 is 2.67 bits per heavy atom. The lowest BCUT2D eigenvalue weighted by atomic mass is 10.00. The van der Waals surface area contributed by atoms with Gasteiger partial charge in [0.2, 0.25) is 0 Å². The van der Waals surface area contributed by atoms with Gasteiger partial charge >= 0.3 is 6.09 Å². The molecule has 2 aliphatic heterocycles. The van der Waals surface area contributed by atoms with Gasteiger partial charge in [0, 0.05) is 19.6 Å². The Bertz CT molecular complexity index is 219. The standard InChI is InChI=1S/C11H20N2O2/c1-9-3-6-13(7-4-9)11(14)15-10-2-5-12-8-10/h9-10,12H,2-8H2,1H3. The Morgan fingerprint density at radius 2 is 2.07 bits per heavy atom. The maximum atomic E-state index is 11.7. The van der Waals surface area contributed by atoms with Crippen molar-refractivity contribution >= 4 is 6.09 Å². The third-order valence-corrected chi connectivity index (χ3v) is 3.32. The fraction of sp³-hybridized carbons (Fsp3) is 0.909. The van der Waals surface area contributed by atoms with Crippen molar-refractivity contribution in [3.8, 4) is 0 Å². The van der Waals surface area contributed by atoms with Crippen LogP contribution in [0.5, 0.6) is 0 Å². The number of ether oxygens (including phenoxy) is 1. The first-order valence-electron chi connectivity index (χ1n) is 5.92. The van der Waals surface area contributed by atoms with E-state index in [1.807, 2.05) is 4.90 Å². The normalized spacial score (nSPS) is 28.1. The van der Waals surface area contributed by atoms with Crippen molar-refractivity contribution in [3.63, 3.8) is 0 Å². The molecule has 4 nitrogen and oxygen atoms in total. The van der Waals surface area contributed by atoms with E-state index in [2.05, 4.69) is 12.2 Å². The summed E-state index contributed by atoms with van der Waals surface area (Å²) in [4.78, 5) is 13.6. The monoisotopic (exact) mass is 212 g/mol. The largest absolute Gasteiger partial charge is 0.445 e. The van der Waals surface area contributed by atoms with Gasteiger partial charge in [0.15, 0.2) is 0 Å². The fourth-order valence-electron chi connectivity index (χ4n) is 2.14. The summed E-state index contributed by atoms with van der Waals surface area (Å²) in [6, 6.07) is 0. The highest BCUT2D eigenvalue weighted by molar-refractivity contribution is 5.68. The zero-order valence-electron chi connectivity index (χ0n) is 9.37. The number of hydrogen-bond donors (Lipinski definition) is 1. The first-order chi connectivity index (χ1) is 7.25. The molecule has 0 bridgehead atoms. The zero-order chi connectivity index (χ0) is 10.7. The molecule has 1 N–H and O–H groups in total. The maximum absolute atomic E-state index is 11.7. The van der Waals surface area contributed by atoms with Gasteiger partial charge in [0.1, 0.15) is 6.10 Å². The number of nitrogens with one attached hydrogen (secondary N) is 1. The average Bonchev–Trinajstić information content (AvgIpc) is 2.71. The Kier molecular flexibility index (Phi) is 3.46. The minimum Gasteiger partial charge on any atom is -0.445 e. The molecule has 0 aromatic rings. The molecule has 1 unspecified atom stereocenters. The molecular formula is C11H20N2O2. The number of carbonyl (C=O) groups excluding carboxylic acids is 1. The summed E-state index contributed by atoms with van der Waals surface area (Å²) in [6.07, 6.45) is 3.15. The molecule has 0 saturated carbocycles. The molecule has 0 aliphatic carbocycles. The van der Waals surface area contributed by atoms with Crippen LogP contribution in [0, 0.1) is 5.92 Å². The molecule has 0 radical (unpaired) electrons. The Labute approximate surface area is 91.0 Å².